The van der Waals surface area contributed by atoms with Crippen molar-refractivity contribution in [3.05, 3.63) is 72.3 Å². The van der Waals surface area contributed by atoms with Crippen LogP contribution >= 0.6 is 12.2 Å². The molecule has 0 spiro atoms. The number of benzene rings is 3. The standard InChI is InChI=1S/C20H20N2OS/c1-14(16-11-7-9-15-8-3-4-10-17(15)16)21-20(24)22-18-12-5-6-13-19(18)23-2/h3-14H,1-2H3,(H2,21,22,24)/t14-/m1/s1. The highest BCUT2D eigenvalue weighted by Gasteiger charge is 2.11. The molecule has 3 rings (SSSR count). The third-order valence-corrected chi connectivity index (χ3v) is 4.21. The number of ether oxygens (including phenoxy) is 1. The summed E-state index contributed by atoms with van der Waals surface area (Å²) < 4.78 is 5.34. The maximum atomic E-state index is 5.46. The first kappa shape index (κ1) is 16.3. The van der Waals surface area contributed by atoms with Crippen LogP contribution in [0.3, 0.4) is 0 Å². The van der Waals surface area contributed by atoms with E-state index in [9.17, 15) is 0 Å². The molecule has 0 aliphatic heterocycles. The van der Waals surface area contributed by atoms with Gasteiger partial charge in [0.05, 0.1) is 18.8 Å². The minimum absolute atomic E-state index is 0.0887. The maximum absolute atomic E-state index is 5.46. The summed E-state index contributed by atoms with van der Waals surface area (Å²) in [6.45, 7) is 2.11. The minimum Gasteiger partial charge on any atom is -0.495 e. The van der Waals surface area contributed by atoms with E-state index in [1.807, 2.05) is 24.3 Å². The van der Waals surface area contributed by atoms with E-state index in [-0.39, 0.29) is 6.04 Å². The molecule has 0 aliphatic carbocycles. The quantitative estimate of drug-likeness (QED) is 0.664. The Bertz CT molecular complexity index is 858. The van der Waals surface area contributed by atoms with Crippen LogP contribution in [0.5, 0.6) is 5.75 Å². The predicted octanol–water partition coefficient (Wildman–Crippen LogP) is 4.90. The SMILES string of the molecule is COc1ccccc1NC(=S)N[C@H](C)c1cccc2ccccc12. The van der Waals surface area contributed by atoms with Crippen molar-refractivity contribution in [1.29, 1.82) is 0 Å². The average Bonchev–Trinajstić information content (AvgIpc) is 2.61. The molecule has 0 aromatic heterocycles. The molecule has 3 aromatic rings. The zero-order valence-electron chi connectivity index (χ0n) is 13.7. The lowest BCUT2D eigenvalue weighted by molar-refractivity contribution is 0.417. The second-order valence-electron chi connectivity index (χ2n) is 5.59. The van der Waals surface area contributed by atoms with Crippen molar-refractivity contribution in [1.82, 2.24) is 5.32 Å². The Hall–Kier alpha value is -2.59. The van der Waals surface area contributed by atoms with Gasteiger partial charge in [0, 0.05) is 0 Å². The second kappa shape index (κ2) is 7.32. The zero-order valence-corrected chi connectivity index (χ0v) is 14.6. The highest BCUT2D eigenvalue weighted by atomic mass is 32.1. The average molecular weight is 336 g/mol. The number of hydrogen-bond donors (Lipinski definition) is 2. The van der Waals surface area contributed by atoms with Gasteiger partial charge in [-0.3, -0.25) is 0 Å². The van der Waals surface area contributed by atoms with Gasteiger partial charge in [-0.1, -0.05) is 54.6 Å². The van der Waals surface area contributed by atoms with Crippen LogP contribution in [0.2, 0.25) is 0 Å². The number of nitrogens with one attached hydrogen (secondary N) is 2. The first-order valence-corrected chi connectivity index (χ1v) is 8.28. The van der Waals surface area contributed by atoms with E-state index >= 15 is 0 Å². The number of thiocarbonyl (C=S) groups is 1. The normalized spacial score (nSPS) is 11.8. The van der Waals surface area contributed by atoms with Crippen molar-refractivity contribution in [2.24, 2.45) is 0 Å². The van der Waals surface area contributed by atoms with E-state index < -0.39 is 0 Å². The summed E-state index contributed by atoms with van der Waals surface area (Å²) in [5.74, 6) is 0.763. The van der Waals surface area contributed by atoms with Crippen LogP contribution in [-0.4, -0.2) is 12.2 Å². The third kappa shape index (κ3) is 3.49. The Morgan fingerprint density at radius 2 is 1.67 bits per heavy atom. The molecule has 0 fully saturated rings. The number of hydrogen-bond acceptors (Lipinski definition) is 2. The summed E-state index contributed by atoms with van der Waals surface area (Å²) in [5.41, 5.74) is 2.07. The number of rotatable bonds is 4. The Morgan fingerprint density at radius 1 is 0.958 bits per heavy atom. The number of anilines is 1. The van der Waals surface area contributed by atoms with Crippen molar-refractivity contribution in [2.45, 2.75) is 13.0 Å². The molecule has 4 heteroatoms. The summed E-state index contributed by atoms with van der Waals surface area (Å²) >= 11 is 5.46. The first-order valence-electron chi connectivity index (χ1n) is 7.87. The summed E-state index contributed by atoms with van der Waals surface area (Å²) in [5, 5.41) is 9.59. The molecule has 0 amide bonds. The lowest BCUT2D eigenvalue weighted by Gasteiger charge is -2.20. The van der Waals surface area contributed by atoms with Crippen LogP contribution in [0.4, 0.5) is 5.69 Å². The van der Waals surface area contributed by atoms with E-state index in [1.165, 1.54) is 16.3 Å². The van der Waals surface area contributed by atoms with Gasteiger partial charge < -0.3 is 15.4 Å². The van der Waals surface area contributed by atoms with Crippen LogP contribution in [-0.2, 0) is 0 Å². The van der Waals surface area contributed by atoms with E-state index in [1.54, 1.807) is 7.11 Å². The summed E-state index contributed by atoms with van der Waals surface area (Å²) in [6.07, 6.45) is 0. The van der Waals surface area contributed by atoms with Gasteiger partial charge in [0.1, 0.15) is 5.75 Å². The molecule has 0 radical (unpaired) electrons. The monoisotopic (exact) mass is 336 g/mol. The highest BCUT2D eigenvalue weighted by molar-refractivity contribution is 7.80. The molecule has 0 heterocycles. The molecule has 122 valence electrons. The maximum Gasteiger partial charge on any atom is 0.171 e. The molecule has 3 nitrogen and oxygen atoms in total. The Balaban J connectivity index is 1.76. The van der Waals surface area contributed by atoms with Gasteiger partial charge in [-0.25, -0.2) is 0 Å². The molecule has 0 saturated carbocycles. The van der Waals surface area contributed by atoms with Gasteiger partial charge in [0.25, 0.3) is 0 Å². The van der Waals surface area contributed by atoms with Crippen molar-refractivity contribution in [2.75, 3.05) is 12.4 Å². The largest absolute Gasteiger partial charge is 0.495 e. The van der Waals surface area contributed by atoms with Crippen molar-refractivity contribution in [3.8, 4) is 5.75 Å². The summed E-state index contributed by atoms with van der Waals surface area (Å²) in [7, 11) is 1.65. The number of para-hydroxylation sites is 2. The van der Waals surface area contributed by atoms with Gasteiger partial charge in [-0.15, -0.1) is 0 Å². The number of methoxy groups -OCH3 is 1. The molecule has 0 unspecified atom stereocenters. The summed E-state index contributed by atoms with van der Waals surface area (Å²) in [4.78, 5) is 0. The molecule has 2 N–H and O–H groups in total. The fraction of sp³-hybridized carbons (Fsp3) is 0.150. The highest BCUT2D eigenvalue weighted by Crippen LogP contribution is 2.25. The van der Waals surface area contributed by atoms with E-state index in [2.05, 4.69) is 60.0 Å². The van der Waals surface area contributed by atoms with Crippen LogP contribution in [0, 0.1) is 0 Å². The predicted molar refractivity (Wildman–Crippen MR) is 105 cm³/mol. The molecule has 1 atom stereocenters. The zero-order chi connectivity index (χ0) is 16.9. The summed E-state index contributed by atoms with van der Waals surface area (Å²) in [6, 6.07) is 22.5. The molecular weight excluding hydrogens is 316 g/mol. The van der Waals surface area contributed by atoms with Gasteiger partial charge in [-0.2, -0.15) is 0 Å². The minimum atomic E-state index is 0.0887. The molecular formula is C20H20N2OS. The molecule has 0 aliphatic rings. The fourth-order valence-corrected chi connectivity index (χ4v) is 3.10. The Labute approximate surface area is 147 Å². The van der Waals surface area contributed by atoms with Crippen LogP contribution in [0.15, 0.2) is 66.7 Å². The van der Waals surface area contributed by atoms with Crippen molar-refractivity contribution in [3.63, 3.8) is 0 Å². The lowest BCUT2D eigenvalue weighted by Crippen LogP contribution is -2.31. The Kier molecular flexibility index (Phi) is 4.96. The smallest absolute Gasteiger partial charge is 0.171 e. The van der Waals surface area contributed by atoms with Crippen LogP contribution in [0.1, 0.15) is 18.5 Å². The van der Waals surface area contributed by atoms with Gasteiger partial charge >= 0.3 is 0 Å². The van der Waals surface area contributed by atoms with Gasteiger partial charge in [0.15, 0.2) is 5.11 Å². The second-order valence-corrected chi connectivity index (χ2v) is 6.00. The van der Waals surface area contributed by atoms with Crippen molar-refractivity contribution >= 4 is 33.8 Å². The van der Waals surface area contributed by atoms with Gasteiger partial charge in [-0.05, 0) is 47.6 Å². The molecule has 0 saturated heterocycles. The molecule has 3 aromatic carbocycles. The van der Waals surface area contributed by atoms with Crippen molar-refractivity contribution < 1.29 is 4.74 Å². The fourth-order valence-electron chi connectivity index (χ4n) is 2.81. The van der Waals surface area contributed by atoms with E-state index in [0.29, 0.717) is 5.11 Å². The van der Waals surface area contributed by atoms with Crippen LogP contribution in [0.25, 0.3) is 10.8 Å². The Morgan fingerprint density at radius 3 is 2.50 bits per heavy atom. The molecule has 0 bridgehead atoms. The van der Waals surface area contributed by atoms with E-state index in [0.717, 1.165) is 11.4 Å². The topological polar surface area (TPSA) is 33.3 Å². The van der Waals surface area contributed by atoms with E-state index in [4.69, 9.17) is 17.0 Å². The molecule has 24 heavy (non-hydrogen) atoms. The van der Waals surface area contributed by atoms with Gasteiger partial charge in [0.2, 0.25) is 0 Å². The third-order valence-electron chi connectivity index (χ3n) is 3.99. The number of fused-ring (bicyclic) bond motifs is 1. The lowest BCUT2D eigenvalue weighted by atomic mass is 10.00. The first-order chi connectivity index (χ1) is 11.7. The van der Waals surface area contributed by atoms with Crippen LogP contribution < -0.4 is 15.4 Å².